The zero-order valence-corrected chi connectivity index (χ0v) is 13.1. The Morgan fingerprint density at radius 2 is 1.62 bits per heavy atom. The van der Waals surface area contributed by atoms with Crippen molar-refractivity contribution in [2.24, 2.45) is 5.73 Å². The number of sulfonamides is 1. The summed E-state index contributed by atoms with van der Waals surface area (Å²) in [6.45, 7) is 0.0263. The first-order valence-corrected chi connectivity index (χ1v) is 8.33. The molecule has 130 valence electrons. The maximum absolute atomic E-state index is 12.3. The first-order valence-electron chi connectivity index (χ1n) is 6.84. The van der Waals surface area contributed by atoms with E-state index in [4.69, 9.17) is 5.73 Å². The smallest absolute Gasteiger partial charge is 0.406 e. The summed E-state index contributed by atoms with van der Waals surface area (Å²) in [5.41, 5.74) is 6.29. The highest BCUT2D eigenvalue weighted by atomic mass is 32.2. The van der Waals surface area contributed by atoms with E-state index in [9.17, 15) is 21.6 Å². The molecular formula is C15H15F3N2O3S. The zero-order valence-electron chi connectivity index (χ0n) is 12.3. The maximum atomic E-state index is 12.3. The van der Waals surface area contributed by atoms with E-state index in [1.54, 1.807) is 30.3 Å². The molecule has 0 amide bonds. The highest BCUT2D eigenvalue weighted by molar-refractivity contribution is 7.89. The van der Waals surface area contributed by atoms with Crippen molar-refractivity contribution in [3.05, 3.63) is 60.2 Å². The van der Waals surface area contributed by atoms with Crippen LogP contribution < -0.4 is 15.2 Å². The SMILES string of the molecule is NCC(NS(=O)(=O)c1ccc(OC(F)(F)F)cc1)c1ccccc1. The van der Waals surface area contributed by atoms with Gasteiger partial charge in [-0.1, -0.05) is 30.3 Å². The fourth-order valence-electron chi connectivity index (χ4n) is 2.01. The number of benzene rings is 2. The number of nitrogens with one attached hydrogen (secondary N) is 1. The Bertz CT molecular complexity index is 763. The van der Waals surface area contributed by atoms with Gasteiger partial charge in [-0.05, 0) is 29.8 Å². The molecule has 0 heterocycles. The Kier molecular flexibility index (Phi) is 5.47. The average molecular weight is 360 g/mol. The zero-order chi connectivity index (χ0) is 17.8. The molecule has 1 atom stereocenters. The third-order valence-corrected chi connectivity index (χ3v) is 4.59. The number of hydrogen-bond acceptors (Lipinski definition) is 4. The van der Waals surface area contributed by atoms with Gasteiger partial charge in [0.25, 0.3) is 0 Å². The lowest BCUT2D eigenvalue weighted by Crippen LogP contribution is -2.33. The van der Waals surface area contributed by atoms with Crippen LogP contribution in [0.15, 0.2) is 59.5 Å². The van der Waals surface area contributed by atoms with E-state index in [1.807, 2.05) is 0 Å². The lowest BCUT2D eigenvalue weighted by atomic mass is 10.1. The summed E-state index contributed by atoms with van der Waals surface area (Å²) < 4.78 is 67.2. The molecule has 2 rings (SSSR count). The van der Waals surface area contributed by atoms with Crippen molar-refractivity contribution in [2.45, 2.75) is 17.3 Å². The quantitative estimate of drug-likeness (QED) is 0.830. The van der Waals surface area contributed by atoms with Gasteiger partial charge in [-0.3, -0.25) is 0 Å². The fraction of sp³-hybridized carbons (Fsp3) is 0.200. The van der Waals surface area contributed by atoms with E-state index in [0.717, 1.165) is 24.3 Å². The fourth-order valence-corrected chi connectivity index (χ4v) is 3.25. The van der Waals surface area contributed by atoms with Crippen molar-refractivity contribution in [3.63, 3.8) is 0 Å². The second-order valence-electron chi connectivity index (χ2n) is 4.84. The van der Waals surface area contributed by atoms with Crippen LogP contribution in [0.4, 0.5) is 13.2 Å². The van der Waals surface area contributed by atoms with E-state index < -0.39 is 28.2 Å². The van der Waals surface area contributed by atoms with Crippen LogP contribution in [0.5, 0.6) is 5.75 Å². The van der Waals surface area contributed by atoms with E-state index in [-0.39, 0.29) is 11.4 Å². The second kappa shape index (κ2) is 7.20. The molecule has 0 radical (unpaired) electrons. The summed E-state index contributed by atoms with van der Waals surface area (Å²) in [5.74, 6) is -0.500. The summed E-state index contributed by atoms with van der Waals surface area (Å²) >= 11 is 0. The van der Waals surface area contributed by atoms with Crippen LogP contribution >= 0.6 is 0 Å². The Morgan fingerprint density at radius 3 is 2.12 bits per heavy atom. The summed E-state index contributed by atoms with van der Waals surface area (Å²) in [7, 11) is -3.95. The number of hydrogen-bond donors (Lipinski definition) is 2. The Hall–Kier alpha value is -2.10. The molecule has 0 saturated carbocycles. The molecule has 5 nitrogen and oxygen atoms in total. The van der Waals surface area contributed by atoms with Gasteiger partial charge in [-0.25, -0.2) is 13.1 Å². The van der Waals surface area contributed by atoms with Crippen LogP contribution in [0.1, 0.15) is 11.6 Å². The van der Waals surface area contributed by atoms with Gasteiger partial charge in [0.05, 0.1) is 10.9 Å². The lowest BCUT2D eigenvalue weighted by molar-refractivity contribution is -0.274. The summed E-state index contributed by atoms with van der Waals surface area (Å²) in [5, 5.41) is 0. The van der Waals surface area contributed by atoms with Gasteiger partial charge in [-0.2, -0.15) is 0 Å². The number of ether oxygens (including phenoxy) is 1. The van der Waals surface area contributed by atoms with E-state index in [1.165, 1.54) is 0 Å². The molecule has 0 aromatic heterocycles. The van der Waals surface area contributed by atoms with Gasteiger partial charge in [0.15, 0.2) is 0 Å². The van der Waals surface area contributed by atoms with Crippen molar-refractivity contribution in [3.8, 4) is 5.75 Å². The monoisotopic (exact) mass is 360 g/mol. The summed E-state index contributed by atoms with van der Waals surface area (Å²) in [6, 6.07) is 12.0. The predicted octanol–water partition coefficient (Wildman–Crippen LogP) is 2.56. The van der Waals surface area contributed by atoms with Crippen LogP contribution in [0, 0.1) is 0 Å². The summed E-state index contributed by atoms with van der Waals surface area (Å²) in [4.78, 5) is -0.189. The molecule has 1 unspecified atom stereocenters. The molecule has 24 heavy (non-hydrogen) atoms. The van der Waals surface area contributed by atoms with Crippen LogP contribution in [-0.4, -0.2) is 21.3 Å². The van der Waals surface area contributed by atoms with Gasteiger partial charge in [-0.15, -0.1) is 13.2 Å². The average Bonchev–Trinajstić information content (AvgIpc) is 2.52. The molecule has 0 spiro atoms. The van der Waals surface area contributed by atoms with E-state index in [0.29, 0.717) is 5.56 Å². The van der Waals surface area contributed by atoms with Crippen molar-refractivity contribution >= 4 is 10.0 Å². The second-order valence-corrected chi connectivity index (χ2v) is 6.55. The predicted molar refractivity (Wildman–Crippen MR) is 81.7 cm³/mol. The number of rotatable bonds is 6. The topological polar surface area (TPSA) is 81.4 Å². The van der Waals surface area contributed by atoms with Crippen molar-refractivity contribution in [1.82, 2.24) is 4.72 Å². The van der Waals surface area contributed by atoms with Crippen LogP contribution in [0.3, 0.4) is 0 Å². The first kappa shape index (κ1) is 18.2. The summed E-state index contributed by atoms with van der Waals surface area (Å²) in [6.07, 6.45) is -4.84. The number of nitrogens with two attached hydrogens (primary N) is 1. The highest BCUT2D eigenvalue weighted by Gasteiger charge is 2.31. The van der Waals surface area contributed by atoms with Crippen molar-refractivity contribution in [2.75, 3.05) is 6.54 Å². The molecule has 0 saturated heterocycles. The third-order valence-electron chi connectivity index (χ3n) is 3.10. The Morgan fingerprint density at radius 1 is 1.04 bits per heavy atom. The van der Waals surface area contributed by atoms with Gasteiger partial charge >= 0.3 is 6.36 Å². The molecule has 0 bridgehead atoms. The molecule has 0 fully saturated rings. The van der Waals surface area contributed by atoms with Gasteiger partial charge < -0.3 is 10.5 Å². The van der Waals surface area contributed by atoms with Gasteiger partial charge in [0.1, 0.15) is 5.75 Å². The minimum atomic E-state index is -4.84. The Labute approximate surface area is 137 Å². The minimum absolute atomic E-state index is 0.0263. The number of alkyl halides is 3. The molecule has 2 aromatic rings. The third kappa shape index (κ3) is 4.95. The molecule has 9 heteroatoms. The van der Waals surface area contributed by atoms with E-state index in [2.05, 4.69) is 9.46 Å². The van der Waals surface area contributed by atoms with Crippen LogP contribution in [0.2, 0.25) is 0 Å². The van der Waals surface area contributed by atoms with Gasteiger partial charge in [0.2, 0.25) is 10.0 Å². The maximum Gasteiger partial charge on any atom is 0.573 e. The van der Waals surface area contributed by atoms with Crippen LogP contribution in [-0.2, 0) is 10.0 Å². The first-order chi connectivity index (χ1) is 11.2. The molecule has 0 aliphatic heterocycles. The molecule has 2 aromatic carbocycles. The molecule has 0 aliphatic rings. The standard InChI is InChI=1S/C15H15F3N2O3S/c16-15(17,18)23-12-6-8-13(9-7-12)24(21,22)20-14(10-19)11-4-2-1-3-5-11/h1-9,14,20H,10,19H2. The molecule has 0 aliphatic carbocycles. The largest absolute Gasteiger partial charge is 0.573 e. The molecule has 3 N–H and O–H groups in total. The number of halogens is 3. The van der Waals surface area contributed by atoms with E-state index >= 15 is 0 Å². The van der Waals surface area contributed by atoms with Crippen molar-refractivity contribution in [1.29, 1.82) is 0 Å². The van der Waals surface area contributed by atoms with Crippen LogP contribution in [0.25, 0.3) is 0 Å². The highest BCUT2D eigenvalue weighted by Crippen LogP contribution is 2.24. The Balaban J connectivity index is 2.17. The molecular weight excluding hydrogens is 345 g/mol. The van der Waals surface area contributed by atoms with Gasteiger partial charge in [0, 0.05) is 6.54 Å². The lowest BCUT2D eigenvalue weighted by Gasteiger charge is -2.17. The normalized spacial score (nSPS) is 13.5. The minimum Gasteiger partial charge on any atom is -0.406 e. The van der Waals surface area contributed by atoms with Crippen molar-refractivity contribution < 1.29 is 26.3 Å².